The summed E-state index contributed by atoms with van der Waals surface area (Å²) in [6.07, 6.45) is 2.37. The van der Waals surface area contributed by atoms with Crippen molar-refractivity contribution in [2.24, 2.45) is 0 Å². The fraction of sp³-hybridized carbons (Fsp3) is 0.280. The Morgan fingerprint density at radius 3 is 2.68 bits per heavy atom. The van der Waals surface area contributed by atoms with Crippen LogP contribution in [0.3, 0.4) is 0 Å². The number of ether oxygens (including phenoxy) is 2. The van der Waals surface area contributed by atoms with Crippen LogP contribution in [-0.2, 0) is 4.74 Å². The molecule has 0 spiro atoms. The molecule has 0 saturated carbocycles. The van der Waals surface area contributed by atoms with Crippen LogP contribution in [0.15, 0.2) is 48.0 Å². The highest BCUT2D eigenvalue weighted by molar-refractivity contribution is 7.16. The first-order valence-electron chi connectivity index (χ1n) is 11.1. The van der Waals surface area contributed by atoms with Crippen molar-refractivity contribution in [3.63, 3.8) is 0 Å². The molecule has 4 aromatic rings. The molecule has 1 fully saturated rings. The number of hydrogen-bond acceptors (Lipinski definition) is 9. The molecule has 1 aliphatic rings. The molecular formula is C25H25N5O3S. The minimum atomic E-state index is -0.381. The van der Waals surface area contributed by atoms with E-state index in [2.05, 4.69) is 39.2 Å². The Bertz CT molecular complexity index is 1340. The molecule has 1 aliphatic heterocycles. The van der Waals surface area contributed by atoms with Gasteiger partial charge in [-0.15, -0.1) is 11.3 Å². The first-order chi connectivity index (χ1) is 16.6. The van der Waals surface area contributed by atoms with Gasteiger partial charge in [-0.05, 0) is 38.0 Å². The monoisotopic (exact) mass is 475 g/mol. The van der Waals surface area contributed by atoms with E-state index in [4.69, 9.17) is 14.5 Å². The van der Waals surface area contributed by atoms with E-state index in [1.54, 1.807) is 24.8 Å². The Labute approximate surface area is 201 Å². The average molecular weight is 476 g/mol. The van der Waals surface area contributed by atoms with Crippen LogP contribution in [0.25, 0.3) is 21.7 Å². The highest BCUT2D eigenvalue weighted by atomic mass is 32.1. The van der Waals surface area contributed by atoms with E-state index in [9.17, 15) is 4.79 Å². The van der Waals surface area contributed by atoms with Gasteiger partial charge in [0.05, 0.1) is 25.3 Å². The lowest BCUT2D eigenvalue weighted by molar-refractivity contribution is 0.0600. The number of anilines is 3. The van der Waals surface area contributed by atoms with E-state index in [1.165, 1.54) is 31.3 Å². The summed E-state index contributed by atoms with van der Waals surface area (Å²) in [5, 5.41) is 3.45. The summed E-state index contributed by atoms with van der Waals surface area (Å²) >= 11 is 1.45. The molecule has 1 unspecified atom stereocenters. The third kappa shape index (κ3) is 4.26. The number of carbonyl (C=O) groups is 1. The summed E-state index contributed by atoms with van der Waals surface area (Å²) in [7, 11) is 3.04. The molecule has 0 amide bonds. The van der Waals surface area contributed by atoms with Crippen molar-refractivity contribution >= 4 is 44.8 Å². The second kappa shape index (κ2) is 9.26. The van der Waals surface area contributed by atoms with Gasteiger partial charge in [-0.3, -0.25) is 0 Å². The minimum absolute atomic E-state index is 0.381. The zero-order valence-corrected chi connectivity index (χ0v) is 20.1. The van der Waals surface area contributed by atoms with Gasteiger partial charge in [-0.2, -0.15) is 0 Å². The summed E-state index contributed by atoms with van der Waals surface area (Å²) < 4.78 is 10.4. The quantitative estimate of drug-likeness (QED) is 0.377. The number of carbonyl (C=O) groups excluding carboxylic acids is 1. The molecule has 2 aromatic carbocycles. The van der Waals surface area contributed by atoms with Crippen LogP contribution in [-0.4, -0.2) is 47.7 Å². The van der Waals surface area contributed by atoms with E-state index in [-0.39, 0.29) is 5.97 Å². The van der Waals surface area contributed by atoms with Gasteiger partial charge < -0.3 is 19.7 Å². The number of benzene rings is 2. The molecule has 174 valence electrons. The van der Waals surface area contributed by atoms with Crippen molar-refractivity contribution in [3.8, 4) is 17.1 Å². The van der Waals surface area contributed by atoms with E-state index >= 15 is 0 Å². The van der Waals surface area contributed by atoms with Crippen molar-refractivity contribution in [2.45, 2.75) is 25.8 Å². The highest BCUT2D eigenvalue weighted by Gasteiger charge is 2.22. The molecule has 9 heteroatoms. The van der Waals surface area contributed by atoms with Crippen LogP contribution < -0.4 is 15.0 Å². The molecule has 0 aliphatic carbocycles. The molecule has 0 radical (unpaired) electrons. The zero-order chi connectivity index (χ0) is 23.7. The van der Waals surface area contributed by atoms with Crippen LogP contribution in [0.4, 0.5) is 17.2 Å². The number of aromatic nitrogens is 3. The maximum atomic E-state index is 11.8. The summed E-state index contributed by atoms with van der Waals surface area (Å²) in [5.74, 6) is 1.56. The van der Waals surface area contributed by atoms with Gasteiger partial charge in [-0.1, -0.05) is 12.1 Å². The van der Waals surface area contributed by atoms with Gasteiger partial charge in [0.1, 0.15) is 16.1 Å². The first kappa shape index (κ1) is 22.1. The van der Waals surface area contributed by atoms with Crippen LogP contribution in [0.2, 0.25) is 0 Å². The van der Waals surface area contributed by atoms with Gasteiger partial charge in [0.15, 0.2) is 11.6 Å². The largest absolute Gasteiger partial charge is 0.497 e. The van der Waals surface area contributed by atoms with Crippen molar-refractivity contribution in [1.82, 2.24) is 15.0 Å². The minimum Gasteiger partial charge on any atom is -0.497 e. The van der Waals surface area contributed by atoms with Gasteiger partial charge in [0.25, 0.3) is 0 Å². The molecule has 2 aromatic heterocycles. The van der Waals surface area contributed by atoms with Gasteiger partial charge in [0, 0.05) is 41.7 Å². The number of thiazole rings is 1. The highest BCUT2D eigenvalue weighted by Crippen LogP contribution is 2.34. The van der Waals surface area contributed by atoms with Gasteiger partial charge in [-0.25, -0.2) is 19.7 Å². The molecular weight excluding hydrogens is 450 g/mol. The standard InChI is InChI=1S/C25H25N5O3S/c1-15-5-4-10-30(15)19-11-18(12-20(13-19)32-2)27-23-21-24(34-14-26-21)29-22(28-23)16-6-8-17(9-7-16)25(31)33-3/h6-9,11-15H,4-5,10H2,1-3H3,(H,27,28,29). The second-order valence-corrected chi connectivity index (χ2v) is 9.03. The topological polar surface area (TPSA) is 89.5 Å². The molecule has 8 nitrogen and oxygen atoms in total. The van der Waals surface area contributed by atoms with Crippen LogP contribution >= 0.6 is 11.3 Å². The number of hydrogen-bond donors (Lipinski definition) is 1. The number of esters is 1. The lowest BCUT2D eigenvalue weighted by atomic mass is 10.1. The Morgan fingerprint density at radius 2 is 1.97 bits per heavy atom. The molecule has 3 heterocycles. The predicted octanol–water partition coefficient (Wildman–Crippen LogP) is 5.28. The summed E-state index contributed by atoms with van der Waals surface area (Å²) in [4.78, 5) is 28.9. The smallest absolute Gasteiger partial charge is 0.337 e. The lowest BCUT2D eigenvalue weighted by Gasteiger charge is -2.25. The normalized spacial score (nSPS) is 15.5. The molecule has 1 atom stereocenters. The average Bonchev–Trinajstić information content (AvgIpc) is 3.52. The number of rotatable bonds is 6. The summed E-state index contributed by atoms with van der Waals surface area (Å²) in [6, 6.07) is 13.7. The number of fused-ring (bicyclic) bond motifs is 1. The fourth-order valence-corrected chi connectivity index (χ4v) is 4.90. The molecule has 1 saturated heterocycles. The Hall–Kier alpha value is -3.72. The SMILES string of the molecule is COC(=O)c1ccc(-c2nc(Nc3cc(OC)cc(N4CCCC4C)c3)c3ncsc3n2)cc1. The summed E-state index contributed by atoms with van der Waals surface area (Å²) in [6.45, 7) is 3.28. The second-order valence-electron chi connectivity index (χ2n) is 8.20. The number of nitrogens with zero attached hydrogens (tertiary/aromatic N) is 4. The van der Waals surface area contributed by atoms with Crippen LogP contribution in [0.5, 0.6) is 5.75 Å². The maximum Gasteiger partial charge on any atom is 0.337 e. The Balaban J connectivity index is 1.52. The van der Waals surface area contributed by atoms with E-state index in [1.807, 2.05) is 18.2 Å². The van der Waals surface area contributed by atoms with Crippen molar-refractivity contribution in [2.75, 3.05) is 31.0 Å². The lowest BCUT2D eigenvalue weighted by Crippen LogP contribution is -2.26. The van der Waals surface area contributed by atoms with Crippen molar-refractivity contribution < 1.29 is 14.3 Å². The molecule has 0 bridgehead atoms. The summed E-state index contributed by atoms with van der Waals surface area (Å²) in [5.41, 5.74) is 5.73. The van der Waals surface area contributed by atoms with Crippen molar-refractivity contribution in [3.05, 3.63) is 53.5 Å². The van der Waals surface area contributed by atoms with E-state index in [0.29, 0.717) is 28.8 Å². The first-order valence-corrected chi connectivity index (χ1v) is 12.0. The van der Waals surface area contributed by atoms with Crippen molar-refractivity contribution in [1.29, 1.82) is 0 Å². The molecule has 1 N–H and O–H groups in total. The maximum absolute atomic E-state index is 11.8. The van der Waals surface area contributed by atoms with Gasteiger partial charge in [0.2, 0.25) is 0 Å². The van der Waals surface area contributed by atoms with Crippen LogP contribution in [0.1, 0.15) is 30.1 Å². The fourth-order valence-electron chi connectivity index (χ4n) is 4.24. The zero-order valence-electron chi connectivity index (χ0n) is 19.2. The van der Waals surface area contributed by atoms with E-state index in [0.717, 1.165) is 34.1 Å². The Morgan fingerprint density at radius 1 is 1.15 bits per heavy atom. The number of methoxy groups -OCH3 is 2. The van der Waals surface area contributed by atoms with E-state index < -0.39 is 0 Å². The van der Waals surface area contributed by atoms with Crippen LogP contribution in [0, 0.1) is 0 Å². The third-order valence-corrected chi connectivity index (χ3v) is 6.76. The van der Waals surface area contributed by atoms with Gasteiger partial charge >= 0.3 is 5.97 Å². The third-order valence-electron chi connectivity index (χ3n) is 6.04. The molecule has 34 heavy (non-hydrogen) atoms. The number of nitrogens with one attached hydrogen (secondary N) is 1. The molecule has 5 rings (SSSR count). The Kier molecular flexibility index (Phi) is 6.02. The predicted molar refractivity (Wildman–Crippen MR) is 134 cm³/mol.